The summed E-state index contributed by atoms with van der Waals surface area (Å²) in [6, 6.07) is 9.05. The summed E-state index contributed by atoms with van der Waals surface area (Å²) in [6.45, 7) is 4.64. The van der Waals surface area contributed by atoms with Crippen LogP contribution in [0.15, 0.2) is 30.3 Å². The van der Waals surface area contributed by atoms with E-state index in [0.717, 1.165) is 30.0 Å². The Morgan fingerprint density at radius 1 is 1.30 bits per heavy atom. The third-order valence-electron chi connectivity index (χ3n) is 2.81. The maximum atomic E-state index is 12.0. The molecule has 1 aromatic heterocycles. The fraction of sp³-hybridized carbons (Fsp3) is 0.333. The van der Waals surface area contributed by atoms with E-state index in [1.165, 1.54) is 0 Å². The van der Waals surface area contributed by atoms with Gasteiger partial charge in [-0.1, -0.05) is 13.3 Å². The van der Waals surface area contributed by atoms with Crippen LogP contribution in [0.25, 0.3) is 0 Å². The zero-order valence-electron chi connectivity index (χ0n) is 11.8. The molecule has 0 spiro atoms. The van der Waals surface area contributed by atoms with E-state index in [9.17, 15) is 4.79 Å². The second-order valence-corrected chi connectivity index (χ2v) is 4.44. The lowest BCUT2D eigenvalue weighted by Gasteiger charge is -2.05. The molecule has 2 rings (SSSR count). The molecule has 0 saturated carbocycles. The second-order valence-electron chi connectivity index (χ2n) is 4.44. The number of anilines is 1. The van der Waals surface area contributed by atoms with Crippen molar-refractivity contribution in [1.82, 2.24) is 10.2 Å². The number of carbonyl (C=O) groups is 1. The van der Waals surface area contributed by atoms with Gasteiger partial charge in [0.1, 0.15) is 5.75 Å². The Morgan fingerprint density at radius 3 is 2.70 bits per heavy atom. The van der Waals surface area contributed by atoms with Gasteiger partial charge in [0.25, 0.3) is 5.91 Å². The number of aromatic nitrogens is 2. The molecule has 1 amide bonds. The molecule has 0 fully saturated rings. The number of hydrogen-bond donors (Lipinski definition) is 2. The van der Waals surface area contributed by atoms with Gasteiger partial charge in [0.05, 0.1) is 6.61 Å². The molecule has 0 bridgehead atoms. The number of nitrogens with one attached hydrogen (secondary N) is 2. The van der Waals surface area contributed by atoms with E-state index in [1.807, 2.05) is 31.2 Å². The van der Waals surface area contributed by atoms with Gasteiger partial charge < -0.3 is 10.1 Å². The van der Waals surface area contributed by atoms with Crippen LogP contribution in [0.5, 0.6) is 5.75 Å². The van der Waals surface area contributed by atoms with Crippen LogP contribution in [0, 0.1) is 0 Å². The number of benzene rings is 1. The molecule has 1 heterocycles. The third kappa shape index (κ3) is 3.60. The molecule has 2 N–H and O–H groups in total. The molecule has 106 valence electrons. The van der Waals surface area contributed by atoms with E-state index in [4.69, 9.17) is 4.74 Å². The predicted octanol–water partition coefficient (Wildman–Crippen LogP) is 3.01. The molecule has 20 heavy (non-hydrogen) atoms. The Hall–Kier alpha value is -2.30. The Balaban J connectivity index is 1.99. The summed E-state index contributed by atoms with van der Waals surface area (Å²) in [5, 5.41) is 9.69. The molecule has 0 radical (unpaired) electrons. The fourth-order valence-electron chi connectivity index (χ4n) is 1.87. The van der Waals surface area contributed by atoms with Crippen LogP contribution in [0.2, 0.25) is 0 Å². The van der Waals surface area contributed by atoms with Gasteiger partial charge in [0.15, 0.2) is 5.69 Å². The van der Waals surface area contributed by atoms with Crippen LogP contribution >= 0.6 is 0 Å². The highest BCUT2D eigenvalue weighted by molar-refractivity contribution is 6.02. The summed E-state index contributed by atoms with van der Waals surface area (Å²) in [5.74, 6) is 0.572. The van der Waals surface area contributed by atoms with Crippen LogP contribution < -0.4 is 10.1 Å². The lowest BCUT2D eigenvalue weighted by Crippen LogP contribution is -2.12. The highest BCUT2D eigenvalue weighted by Gasteiger charge is 2.10. The molecule has 0 atom stereocenters. The van der Waals surface area contributed by atoms with Gasteiger partial charge in [-0.25, -0.2) is 0 Å². The number of aromatic amines is 1. The number of aryl methyl sites for hydroxylation is 1. The van der Waals surface area contributed by atoms with Crippen molar-refractivity contribution in [3.8, 4) is 5.75 Å². The van der Waals surface area contributed by atoms with E-state index >= 15 is 0 Å². The highest BCUT2D eigenvalue weighted by atomic mass is 16.5. The Labute approximate surface area is 118 Å². The molecule has 1 aromatic carbocycles. The number of hydrogen-bond acceptors (Lipinski definition) is 3. The van der Waals surface area contributed by atoms with Crippen molar-refractivity contribution in [2.75, 3.05) is 11.9 Å². The molecular weight excluding hydrogens is 254 g/mol. The van der Waals surface area contributed by atoms with E-state index < -0.39 is 0 Å². The first-order chi connectivity index (χ1) is 9.72. The molecule has 2 aromatic rings. The summed E-state index contributed by atoms with van der Waals surface area (Å²) in [6.07, 6.45) is 1.91. The van der Waals surface area contributed by atoms with Gasteiger partial charge in [-0.3, -0.25) is 9.89 Å². The van der Waals surface area contributed by atoms with E-state index in [2.05, 4.69) is 22.4 Å². The van der Waals surface area contributed by atoms with Gasteiger partial charge in [-0.05, 0) is 43.7 Å². The summed E-state index contributed by atoms with van der Waals surface area (Å²) < 4.78 is 5.35. The van der Waals surface area contributed by atoms with Gasteiger partial charge in [0, 0.05) is 11.4 Å². The van der Waals surface area contributed by atoms with Gasteiger partial charge in [-0.2, -0.15) is 5.10 Å². The van der Waals surface area contributed by atoms with Crippen molar-refractivity contribution in [3.05, 3.63) is 41.7 Å². The predicted molar refractivity (Wildman–Crippen MR) is 78.1 cm³/mol. The zero-order chi connectivity index (χ0) is 14.4. The summed E-state index contributed by atoms with van der Waals surface area (Å²) in [7, 11) is 0. The molecule has 0 saturated heterocycles. The number of nitrogens with zero attached hydrogens (tertiary/aromatic N) is 1. The summed E-state index contributed by atoms with van der Waals surface area (Å²) >= 11 is 0. The first kappa shape index (κ1) is 14.1. The quantitative estimate of drug-likeness (QED) is 0.850. The topological polar surface area (TPSA) is 67.0 Å². The van der Waals surface area contributed by atoms with Crippen molar-refractivity contribution >= 4 is 11.6 Å². The van der Waals surface area contributed by atoms with E-state index in [0.29, 0.717) is 12.3 Å². The van der Waals surface area contributed by atoms with Crippen LogP contribution in [0.1, 0.15) is 36.5 Å². The standard InChI is InChI=1S/C15H19N3O2/c1-3-5-12-10-14(18-17-12)15(19)16-11-6-8-13(9-7-11)20-4-2/h6-10H,3-5H2,1-2H3,(H,16,19)(H,17,18). The van der Waals surface area contributed by atoms with Crippen molar-refractivity contribution in [2.45, 2.75) is 26.7 Å². The smallest absolute Gasteiger partial charge is 0.276 e. The third-order valence-corrected chi connectivity index (χ3v) is 2.81. The second kappa shape index (κ2) is 6.75. The highest BCUT2D eigenvalue weighted by Crippen LogP contribution is 2.16. The minimum Gasteiger partial charge on any atom is -0.494 e. The zero-order valence-corrected chi connectivity index (χ0v) is 11.8. The largest absolute Gasteiger partial charge is 0.494 e. The Bertz CT molecular complexity index is 561. The maximum Gasteiger partial charge on any atom is 0.276 e. The average Bonchev–Trinajstić information content (AvgIpc) is 2.90. The summed E-state index contributed by atoms with van der Waals surface area (Å²) in [4.78, 5) is 12.0. The lowest BCUT2D eigenvalue weighted by atomic mass is 10.2. The molecular formula is C15H19N3O2. The lowest BCUT2D eigenvalue weighted by molar-refractivity contribution is 0.102. The molecule has 0 aliphatic carbocycles. The molecule has 5 heteroatoms. The van der Waals surface area contributed by atoms with Crippen LogP contribution in [-0.4, -0.2) is 22.7 Å². The minimum atomic E-state index is -0.215. The normalized spacial score (nSPS) is 10.3. The average molecular weight is 273 g/mol. The van der Waals surface area contributed by atoms with Crippen LogP contribution in [0.4, 0.5) is 5.69 Å². The van der Waals surface area contributed by atoms with Gasteiger partial charge in [-0.15, -0.1) is 0 Å². The van der Waals surface area contributed by atoms with Crippen molar-refractivity contribution in [2.24, 2.45) is 0 Å². The van der Waals surface area contributed by atoms with Crippen molar-refractivity contribution < 1.29 is 9.53 Å². The Kier molecular flexibility index (Phi) is 4.76. The number of ether oxygens (including phenoxy) is 1. The number of H-pyrrole nitrogens is 1. The molecule has 0 aliphatic heterocycles. The maximum absolute atomic E-state index is 12.0. The van der Waals surface area contributed by atoms with E-state index in [-0.39, 0.29) is 5.91 Å². The fourth-order valence-corrected chi connectivity index (χ4v) is 1.87. The van der Waals surface area contributed by atoms with Gasteiger partial charge in [0.2, 0.25) is 0 Å². The number of amides is 1. The van der Waals surface area contributed by atoms with Crippen molar-refractivity contribution in [1.29, 1.82) is 0 Å². The van der Waals surface area contributed by atoms with E-state index in [1.54, 1.807) is 6.07 Å². The SMILES string of the molecule is CCCc1cc(C(=O)Nc2ccc(OCC)cc2)n[nH]1. The molecule has 0 unspecified atom stereocenters. The van der Waals surface area contributed by atoms with Crippen LogP contribution in [-0.2, 0) is 6.42 Å². The molecule has 5 nitrogen and oxygen atoms in total. The molecule has 0 aliphatic rings. The monoisotopic (exact) mass is 273 g/mol. The van der Waals surface area contributed by atoms with Crippen LogP contribution in [0.3, 0.4) is 0 Å². The van der Waals surface area contributed by atoms with Crippen molar-refractivity contribution in [3.63, 3.8) is 0 Å². The van der Waals surface area contributed by atoms with Gasteiger partial charge >= 0.3 is 0 Å². The number of rotatable bonds is 6. The number of carbonyl (C=O) groups excluding carboxylic acids is 1. The first-order valence-electron chi connectivity index (χ1n) is 6.81. The first-order valence-corrected chi connectivity index (χ1v) is 6.81. The Morgan fingerprint density at radius 2 is 2.05 bits per heavy atom. The summed E-state index contributed by atoms with van der Waals surface area (Å²) in [5.41, 5.74) is 2.10. The minimum absolute atomic E-state index is 0.215.